The first kappa shape index (κ1) is 15.5. The molecule has 0 bridgehead atoms. The summed E-state index contributed by atoms with van der Waals surface area (Å²) in [5.74, 6) is 0.579. The molecule has 0 radical (unpaired) electrons. The van der Waals surface area contributed by atoms with Crippen molar-refractivity contribution in [2.24, 2.45) is 5.92 Å². The molecule has 1 aliphatic rings. The minimum absolute atomic E-state index is 0.255. The lowest BCUT2D eigenvalue weighted by Gasteiger charge is -2.16. The number of rotatable bonds is 7. The molecule has 1 heterocycles. The molecule has 1 saturated heterocycles. The molecule has 1 aromatic rings. The minimum Gasteiger partial charge on any atom is -0.376 e. The van der Waals surface area contributed by atoms with Crippen molar-refractivity contribution in [3.05, 3.63) is 35.9 Å². The topological polar surface area (TPSA) is 46.6 Å². The van der Waals surface area contributed by atoms with Crippen molar-refractivity contribution >= 4 is 10.0 Å². The van der Waals surface area contributed by atoms with Crippen LogP contribution in [0.15, 0.2) is 30.3 Å². The maximum Gasteiger partial charge on any atom is 0.214 e. The maximum absolute atomic E-state index is 12.0. The van der Waals surface area contributed by atoms with E-state index in [0.717, 1.165) is 12.0 Å². The molecular weight excluding hydrogens is 274 g/mol. The number of nitrogens with zero attached hydrogens (tertiary/aromatic N) is 1. The summed E-state index contributed by atoms with van der Waals surface area (Å²) in [4.78, 5) is 0. The lowest BCUT2D eigenvalue weighted by molar-refractivity contribution is 0.0910. The zero-order chi connectivity index (χ0) is 14.4. The van der Waals surface area contributed by atoms with Gasteiger partial charge in [0.25, 0.3) is 0 Å². The first-order valence-corrected chi connectivity index (χ1v) is 8.82. The second-order valence-electron chi connectivity index (χ2n) is 5.33. The summed E-state index contributed by atoms with van der Waals surface area (Å²) in [6.07, 6.45) is 1.58. The molecule has 1 fully saturated rings. The first-order chi connectivity index (χ1) is 9.62. The molecule has 0 aliphatic carbocycles. The second-order valence-corrected chi connectivity index (χ2v) is 7.42. The Hall–Kier alpha value is -0.910. The lowest BCUT2D eigenvalue weighted by atomic mass is 10.1. The molecular formula is C15H23NO3S. The molecule has 0 amide bonds. The minimum atomic E-state index is -3.04. The van der Waals surface area contributed by atoms with Crippen LogP contribution in [0.3, 0.4) is 0 Å². The Balaban J connectivity index is 1.74. The predicted octanol–water partition coefficient (Wildman–Crippen LogP) is 2.26. The van der Waals surface area contributed by atoms with Gasteiger partial charge in [-0.2, -0.15) is 0 Å². The Morgan fingerprint density at radius 1 is 1.30 bits per heavy atom. The van der Waals surface area contributed by atoms with E-state index in [1.807, 2.05) is 37.3 Å². The van der Waals surface area contributed by atoms with E-state index < -0.39 is 10.0 Å². The third kappa shape index (κ3) is 4.30. The van der Waals surface area contributed by atoms with Gasteiger partial charge >= 0.3 is 0 Å². The summed E-state index contributed by atoms with van der Waals surface area (Å²) < 4.78 is 31.2. The van der Waals surface area contributed by atoms with Gasteiger partial charge in [-0.1, -0.05) is 37.3 Å². The number of hydrogen-bond acceptors (Lipinski definition) is 3. The van der Waals surface area contributed by atoms with E-state index in [2.05, 4.69) is 0 Å². The fourth-order valence-electron chi connectivity index (χ4n) is 2.49. The molecule has 1 aromatic carbocycles. The predicted molar refractivity (Wildman–Crippen MR) is 79.9 cm³/mol. The van der Waals surface area contributed by atoms with Crippen LogP contribution in [-0.4, -0.2) is 38.2 Å². The van der Waals surface area contributed by atoms with Crippen LogP contribution in [0.1, 0.15) is 25.3 Å². The summed E-state index contributed by atoms with van der Waals surface area (Å²) in [5, 5.41) is 0. The zero-order valence-corrected chi connectivity index (χ0v) is 12.8. The highest BCUT2D eigenvalue weighted by Gasteiger charge is 2.30. The molecule has 2 rings (SSSR count). The molecule has 0 unspecified atom stereocenters. The second kappa shape index (κ2) is 7.20. The van der Waals surface area contributed by atoms with Gasteiger partial charge in [0.15, 0.2) is 0 Å². The summed E-state index contributed by atoms with van der Waals surface area (Å²) in [7, 11) is -3.04. The van der Waals surface area contributed by atoms with Crippen LogP contribution in [0.2, 0.25) is 0 Å². The van der Waals surface area contributed by atoms with Crippen LogP contribution in [0.25, 0.3) is 0 Å². The molecule has 4 nitrogen and oxygen atoms in total. The van der Waals surface area contributed by atoms with Crippen LogP contribution >= 0.6 is 0 Å². The molecule has 1 atom stereocenters. The largest absolute Gasteiger partial charge is 0.376 e. The third-order valence-electron chi connectivity index (χ3n) is 3.57. The van der Waals surface area contributed by atoms with Crippen molar-refractivity contribution in [1.29, 1.82) is 0 Å². The van der Waals surface area contributed by atoms with Crippen LogP contribution in [-0.2, 0) is 21.4 Å². The Morgan fingerprint density at radius 3 is 2.75 bits per heavy atom. The summed E-state index contributed by atoms with van der Waals surface area (Å²) in [6, 6.07) is 10.0. The third-order valence-corrected chi connectivity index (χ3v) is 5.61. The average Bonchev–Trinajstić information content (AvgIpc) is 2.90. The van der Waals surface area contributed by atoms with Crippen molar-refractivity contribution in [3.8, 4) is 0 Å². The van der Waals surface area contributed by atoms with Crippen molar-refractivity contribution in [2.45, 2.75) is 26.4 Å². The highest BCUT2D eigenvalue weighted by molar-refractivity contribution is 7.89. The van der Waals surface area contributed by atoms with E-state index in [0.29, 0.717) is 38.6 Å². The van der Waals surface area contributed by atoms with Gasteiger partial charge in [0.1, 0.15) is 0 Å². The maximum atomic E-state index is 12.0. The number of hydrogen-bond donors (Lipinski definition) is 0. The van der Waals surface area contributed by atoms with Crippen molar-refractivity contribution in [3.63, 3.8) is 0 Å². The van der Waals surface area contributed by atoms with Gasteiger partial charge in [0.05, 0.1) is 19.0 Å². The Morgan fingerprint density at radius 2 is 2.05 bits per heavy atom. The van der Waals surface area contributed by atoms with Gasteiger partial charge < -0.3 is 4.74 Å². The molecule has 0 N–H and O–H groups in total. The molecule has 112 valence electrons. The Kier molecular flexibility index (Phi) is 5.57. The lowest BCUT2D eigenvalue weighted by Crippen LogP contribution is -2.31. The van der Waals surface area contributed by atoms with Gasteiger partial charge in [-0.3, -0.25) is 0 Å². The monoisotopic (exact) mass is 297 g/mol. The molecule has 0 aromatic heterocycles. The fraction of sp³-hybridized carbons (Fsp3) is 0.600. The van der Waals surface area contributed by atoms with Gasteiger partial charge in [0, 0.05) is 13.1 Å². The first-order valence-electron chi connectivity index (χ1n) is 7.21. The van der Waals surface area contributed by atoms with E-state index in [1.54, 1.807) is 4.31 Å². The SMILES string of the molecule is CCCS(=O)(=O)N1CC[C@@H](COCc2ccccc2)C1. The number of sulfonamides is 1. The quantitative estimate of drug-likeness (QED) is 0.775. The van der Waals surface area contributed by atoms with E-state index >= 15 is 0 Å². The highest BCUT2D eigenvalue weighted by Crippen LogP contribution is 2.20. The normalized spacial score (nSPS) is 20.4. The van der Waals surface area contributed by atoms with Gasteiger partial charge in [-0.15, -0.1) is 0 Å². The molecule has 1 aliphatic heterocycles. The molecule has 0 saturated carbocycles. The van der Waals surface area contributed by atoms with E-state index in [4.69, 9.17) is 4.74 Å². The molecule has 0 spiro atoms. The Bertz CT molecular complexity index is 501. The fourth-order valence-corrected chi connectivity index (χ4v) is 4.09. The highest BCUT2D eigenvalue weighted by atomic mass is 32.2. The zero-order valence-electron chi connectivity index (χ0n) is 12.0. The Labute approximate surface area is 121 Å². The number of ether oxygens (including phenoxy) is 1. The summed E-state index contributed by atoms with van der Waals surface area (Å²) >= 11 is 0. The van der Waals surface area contributed by atoms with Gasteiger partial charge in [0.2, 0.25) is 10.0 Å². The van der Waals surface area contributed by atoms with Crippen molar-refractivity contribution < 1.29 is 13.2 Å². The van der Waals surface area contributed by atoms with Gasteiger partial charge in [-0.25, -0.2) is 12.7 Å². The van der Waals surface area contributed by atoms with E-state index in [9.17, 15) is 8.42 Å². The van der Waals surface area contributed by atoms with Crippen LogP contribution < -0.4 is 0 Å². The van der Waals surface area contributed by atoms with Gasteiger partial charge in [-0.05, 0) is 24.3 Å². The van der Waals surface area contributed by atoms with Crippen LogP contribution in [0.4, 0.5) is 0 Å². The average molecular weight is 297 g/mol. The van der Waals surface area contributed by atoms with E-state index in [1.165, 1.54) is 0 Å². The molecule has 20 heavy (non-hydrogen) atoms. The van der Waals surface area contributed by atoms with Crippen molar-refractivity contribution in [1.82, 2.24) is 4.31 Å². The van der Waals surface area contributed by atoms with E-state index in [-0.39, 0.29) is 5.75 Å². The number of benzene rings is 1. The van der Waals surface area contributed by atoms with Crippen LogP contribution in [0.5, 0.6) is 0 Å². The standard InChI is InChI=1S/C15H23NO3S/c1-2-10-20(17,18)16-9-8-15(11-16)13-19-12-14-6-4-3-5-7-14/h3-7,15H,2,8-13H2,1H3/t15-/m1/s1. The van der Waals surface area contributed by atoms with Crippen molar-refractivity contribution in [2.75, 3.05) is 25.4 Å². The summed E-state index contributed by atoms with van der Waals surface area (Å²) in [5.41, 5.74) is 1.15. The summed E-state index contributed by atoms with van der Waals surface area (Å²) in [6.45, 7) is 4.37. The van der Waals surface area contributed by atoms with Crippen LogP contribution in [0, 0.1) is 5.92 Å². The smallest absolute Gasteiger partial charge is 0.214 e. The molecule has 5 heteroatoms.